The largest absolute Gasteiger partial charge is 0.376 e. The Morgan fingerprint density at radius 1 is 1.05 bits per heavy atom. The first-order chi connectivity index (χ1) is 9.56. The molecule has 0 saturated carbocycles. The summed E-state index contributed by atoms with van der Waals surface area (Å²) in [6.07, 6.45) is 0. The smallest absolute Gasteiger partial charge is 0.239 e. The average molecular weight is 270 g/mol. The highest BCUT2D eigenvalue weighted by molar-refractivity contribution is 5.87. The molecule has 0 aliphatic heterocycles. The van der Waals surface area contributed by atoms with Crippen LogP contribution in [0.3, 0.4) is 0 Å². The van der Waals surface area contributed by atoms with Crippen LogP contribution in [0, 0.1) is 5.92 Å². The minimum Gasteiger partial charge on any atom is -0.376 e. The fourth-order valence-corrected chi connectivity index (χ4v) is 1.95. The van der Waals surface area contributed by atoms with Crippen LogP contribution in [0.25, 0.3) is 10.8 Å². The minimum absolute atomic E-state index is 0.0272. The summed E-state index contributed by atoms with van der Waals surface area (Å²) in [5.41, 5.74) is 0.969. The van der Waals surface area contributed by atoms with Gasteiger partial charge in [0.2, 0.25) is 5.91 Å². The first kappa shape index (κ1) is 14.4. The number of amides is 1. The Morgan fingerprint density at radius 3 is 2.45 bits per heavy atom. The summed E-state index contributed by atoms with van der Waals surface area (Å²) >= 11 is 0. The van der Waals surface area contributed by atoms with Gasteiger partial charge in [-0.2, -0.15) is 0 Å². The zero-order valence-corrected chi connectivity index (χ0v) is 12.3. The Morgan fingerprint density at radius 2 is 1.75 bits per heavy atom. The molecule has 0 bridgehead atoms. The molecular formula is C17H22N2O. The van der Waals surface area contributed by atoms with Crippen LogP contribution in [0.15, 0.2) is 42.5 Å². The summed E-state index contributed by atoms with van der Waals surface area (Å²) in [7, 11) is 0. The van der Waals surface area contributed by atoms with Gasteiger partial charge in [0, 0.05) is 11.7 Å². The lowest BCUT2D eigenvalue weighted by Gasteiger charge is -2.17. The molecule has 0 saturated heterocycles. The van der Waals surface area contributed by atoms with Crippen molar-refractivity contribution in [2.75, 3.05) is 11.9 Å². The van der Waals surface area contributed by atoms with Crippen LogP contribution < -0.4 is 10.6 Å². The second-order valence-electron chi connectivity index (χ2n) is 5.52. The molecule has 0 spiro atoms. The number of hydrogen-bond acceptors (Lipinski definition) is 2. The van der Waals surface area contributed by atoms with Crippen molar-refractivity contribution in [2.45, 2.75) is 26.8 Å². The van der Waals surface area contributed by atoms with Crippen LogP contribution in [0.4, 0.5) is 5.69 Å². The van der Waals surface area contributed by atoms with E-state index in [1.807, 2.05) is 25.1 Å². The number of fused-ring (bicyclic) bond motifs is 1. The van der Waals surface area contributed by atoms with Gasteiger partial charge < -0.3 is 10.6 Å². The molecule has 3 heteroatoms. The molecule has 1 amide bonds. The molecule has 106 valence electrons. The standard InChI is InChI=1S/C17H22N2O/c1-12(2)13(3)19-17(20)11-18-16-9-8-14-6-4-5-7-15(14)10-16/h4-10,12-13,18H,11H2,1-3H3,(H,19,20). The Kier molecular flexibility index (Phi) is 4.61. The predicted octanol–water partition coefficient (Wildman–Crippen LogP) is 3.41. The number of hydrogen-bond donors (Lipinski definition) is 2. The van der Waals surface area contributed by atoms with E-state index in [0.717, 1.165) is 5.69 Å². The number of benzene rings is 2. The molecule has 20 heavy (non-hydrogen) atoms. The lowest BCUT2D eigenvalue weighted by atomic mass is 10.1. The van der Waals surface area contributed by atoms with Crippen LogP contribution in [-0.2, 0) is 4.79 Å². The molecule has 2 aromatic carbocycles. The molecule has 0 aliphatic carbocycles. The van der Waals surface area contributed by atoms with Crippen molar-refractivity contribution in [2.24, 2.45) is 5.92 Å². The maximum atomic E-state index is 11.8. The van der Waals surface area contributed by atoms with Gasteiger partial charge in [-0.05, 0) is 35.7 Å². The molecule has 2 aromatic rings. The van der Waals surface area contributed by atoms with Gasteiger partial charge in [0.25, 0.3) is 0 Å². The second-order valence-corrected chi connectivity index (χ2v) is 5.52. The molecule has 2 rings (SSSR count). The van der Waals surface area contributed by atoms with Crippen LogP contribution in [-0.4, -0.2) is 18.5 Å². The zero-order valence-electron chi connectivity index (χ0n) is 12.3. The maximum absolute atomic E-state index is 11.8. The van der Waals surface area contributed by atoms with E-state index < -0.39 is 0 Å². The summed E-state index contributed by atoms with van der Waals surface area (Å²) in [5.74, 6) is 0.471. The number of anilines is 1. The molecule has 0 heterocycles. The van der Waals surface area contributed by atoms with Gasteiger partial charge >= 0.3 is 0 Å². The van der Waals surface area contributed by atoms with Crippen LogP contribution in [0.5, 0.6) is 0 Å². The summed E-state index contributed by atoms with van der Waals surface area (Å²) in [4.78, 5) is 11.8. The summed E-state index contributed by atoms with van der Waals surface area (Å²) in [6, 6.07) is 14.5. The lowest BCUT2D eigenvalue weighted by molar-refractivity contribution is -0.120. The highest BCUT2D eigenvalue weighted by atomic mass is 16.1. The van der Waals surface area contributed by atoms with Gasteiger partial charge in [0.15, 0.2) is 0 Å². The van der Waals surface area contributed by atoms with Gasteiger partial charge in [0.05, 0.1) is 6.54 Å². The van der Waals surface area contributed by atoms with E-state index in [1.54, 1.807) is 0 Å². The van der Waals surface area contributed by atoms with Gasteiger partial charge in [-0.3, -0.25) is 4.79 Å². The third-order valence-electron chi connectivity index (χ3n) is 3.59. The van der Waals surface area contributed by atoms with Gasteiger partial charge in [0.1, 0.15) is 0 Å². The van der Waals surface area contributed by atoms with Crippen LogP contribution in [0.1, 0.15) is 20.8 Å². The van der Waals surface area contributed by atoms with Gasteiger partial charge in [-0.15, -0.1) is 0 Å². The third kappa shape index (κ3) is 3.73. The Balaban J connectivity index is 1.94. The molecule has 1 unspecified atom stereocenters. The van der Waals surface area contributed by atoms with Crippen molar-refractivity contribution >= 4 is 22.4 Å². The number of rotatable bonds is 5. The zero-order chi connectivity index (χ0) is 14.5. The topological polar surface area (TPSA) is 41.1 Å². The van der Waals surface area contributed by atoms with Gasteiger partial charge in [-0.1, -0.05) is 44.2 Å². The van der Waals surface area contributed by atoms with Gasteiger partial charge in [-0.25, -0.2) is 0 Å². The SMILES string of the molecule is CC(C)C(C)NC(=O)CNc1ccc2ccccc2c1. The fourth-order valence-electron chi connectivity index (χ4n) is 1.95. The van der Waals surface area contributed by atoms with E-state index in [-0.39, 0.29) is 11.9 Å². The number of carbonyl (C=O) groups is 1. The molecule has 1 atom stereocenters. The molecule has 0 radical (unpaired) electrons. The van der Waals surface area contributed by atoms with Crippen LogP contribution in [0.2, 0.25) is 0 Å². The summed E-state index contributed by atoms with van der Waals surface area (Å²) < 4.78 is 0. The molecular weight excluding hydrogens is 248 g/mol. The van der Waals surface area contributed by atoms with E-state index in [2.05, 4.69) is 48.7 Å². The average Bonchev–Trinajstić information content (AvgIpc) is 2.44. The molecule has 3 nitrogen and oxygen atoms in total. The van der Waals surface area contributed by atoms with Crippen molar-refractivity contribution in [1.82, 2.24) is 5.32 Å². The van der Waals surface area contributed by atoms with Crippen molar-refractivity contribution < 1.29 is 4.79 Å². The van der Waals surface area contributed by atoms with E-state index in [4.69, 9.17) is 0 Å². The first-order valence-electron chi connectivity index (χ1n) is 7.08. The maximum Gasteiger partial charge on any atom is 0.239 e. The molecule has 0 aromatic heterocycles. The number of carbonyl (C=O) groups excluding carboxylic acids is 1. The minimum atomic E-state index is 0.0272. The highest BCUT2D eigenvalue weighted by Gasteiger charge is 2.10. The fraction of sp³-hybridized carbons (Fsp3) is 0.353. The van der Waals surface area contributed by atoms with Crippen LogP contribution >= 0.6 is 0 Å². The Bertz CT molecular complexity index is 592. The number of nitrogens with one attached hydrogen (secondary N) is 2. The Hall–Kier alpha value is -2.03. The normalized spacial score (nSPS) is 12.4. The Labute approximate surface area is 120 Å². The quantitative estimate of drug-likeness (QED) is 0.874. The molecule has 0 fully saturated rings. The van der Waals surface area contributed by atoms with Crippen molar-refractivity contribution in [3.8, 4) is 0 Å². The lowest BCUT2D eigenvalue weighted by Crippen LogP contribution is -2.39. The van der Waals surface area contributed by atoms with Crippen molar-refractivity contribution in [3.63, 3.8) is 0 Å². The summed E-state index contributed by atoms with van der Waals surface area (Å²) in [5, 5.41) is 8.53. The predicted molar refractivity (Wildman–Crippen MR) is 84.9 cm³/mol. The highest BCUT2D eigenvalue weighted by Crippen LogP contribution is 2.18. The second kappa shape index (κ2) is 6.42. The molecule has 2 N–H and O–H groups in total. The van der Waals surface area contributed by atoms with Crippen molar-refractivity contribution in [1.29, 1.82) is 0 Å². The van der Waals surface area contributed by atoms with E-state index in [9.17, 15) is 4.79 Å². The third-order valence-corrected chi connectivity index (χ3v) is 3.59. The van der Waals surface area contributed by atoms with E-state index in [1.165, 1.54) is 10.8 Å². The molecule has 0 aliphatic rings. The monoisotopic (exact) mass is 270 g/mol. The first-order valence-corrected chi connectivity index (χ1v) is 7.08. The van der Waals surface area contributed by atoms with E-state index >= 15 is 0 Å². The van der Waals surface area contributed by atoms with E-state index in [0.29, 0.717) is 12.5 Å². The van der Waals surface area contributed by atoms with Crippen molar-refractivity contribution in [3.05, 3.63) is 42.5 Å². The summed E-state index contributed by atoms with van der Waals surface area (Å²) in [6.45, 7) is 6.53.